The van der Waals surface area contributed by atoms with Gasteiger partial charge >= 0.3 is 0 Å². The molecule has 0 fully saturated rings. The fraction of sp³-hybridized carbons (Fsp3) is 0.357. The number of benzene rings is 1. The van der Waals surface area contributed by atoms with Crippen LogP contribution in [0.2, 0.25) is 10.0 Å². The summed E-state index contributed by atoms with van der Waals surface area (Å²) in [5.74, 6) is 0.000579. The zero-order chi connectivity index (χ0) is 14.3. The van der Waals surface area contributed by atoms with Crippen molar-refractivity contribution in [3.05, 3.63) is 33.4 Å². The number of hydrogen-bond donors (Lipinski definition) is 1. The number of amides is 1. The van der Waals surface area contributed by atoms with Crippen molar-refractivity contribution in [3.8, 4) is 0 Å². The zero-order valence-corrected chi connectivity index (χ0v) is 12.5. The second-order valence-corrected chi connectivity index (χ2v) is 5.73. The van der Waals surface area contributed by atoms with Gasteiger partial charge in [-0.2, -0.15) is 0 Å². The summed E-state index contributed by atoms with van der Waals surface area (Å²) in [6.07, 6.45) is 0.785. The molecule has 1 aliphatic rings. The maximum Gasteiger partial charge on any atom is 0.248 e. The smallest absolute Gasteiger partial charge is 0.248 e. The van der Waals surface area contributed by atoms with Gasteiger partial charge in [-0.3, -0.25) is 4.79 Å². The van der Waals surface area contributed by atoms with Gasteiger partial charge in [-0.1, -0.05) is 23.2 Å². The Hall–Kier alpha value is -1.23. The van der Waals surface area contributed by atoms with E-state index in [1.54, 1.807) is 11.0 Å². The lowest BCUT2D eigenvalue weighted by Crippen LogP contribution is -2.37. The van der Waals surface area contributed by atoms with E-state index in [9.17, 15) is 4.79 Å². The van der Waals surface area contributed by atoms with Crippen LogP contribution in [0.5, 0.6) is 0 Å². The number of fused-ring (bicyclic) bond motifs is 3. The summed E-state index contributed by atoms with van der Waals surface area (Å²) in [4.78, 5) is 17.1. The third kappa shape index (κ3) is 2.28. The van der Waals surface area contributed by atoms with Gasteiger partial charge in [0.2, 0.25) is 5.91 Å². The largest absolute Gasteiger partial charge is 0.375 e. The number of aromatic nitrogens is 1. The Labute approximate surface area is 126 Å². The van der Waals surface area contributed by atoms with E-state index in [0.29, 0.717) is 23.1 Å². The van der Waals surface area contributed by atoms with Crippen LogP contribution in [0.25, 0.3) is 10.9 Å². The standard InChI is InChI=1S/C14H14Cl2N2O2/c1-20-7-13(19)18-3-2-12-10(6-18)9-4-8(15)5-11(16)14(9)17-12/h4-5,17H,2-3,6-7H2,1H3. The van der Waals surface area contributed by atoms with Crippen LogP contribution in [0, 0.1) is 0 Å². The highest BCUT2D eigenvalue weighted by atomic mass is 35.5. The van der Waals surface area contributed by atoms with Gasteiger partial charge in [0, 0.05) is 48.3 Å². The number of methoxy groups -OCH3 is 1. The molecular weight excluding hydrogens is 299 g/mol. The van der Waals surface area contributed by atoms with E-state index >= 15 is 0 Å². The second kappa shape index (κ2) is 5.28. The first-order chi connectivity index (χ1) is 9.60. The summed E-state index contributed by atoms with van der Waals surface area (Å²) in [6.45, 7) is 1.36. The van der Waals surface area contributed by atoms with Crippen LogP contribution in [0.1, 0.15) is 11.3 Å². The molecule has 2 aromatic rings. The molecule has 1 amide bonds. The van der Waals surface area contributed by atoms with Gasteiger partial charge in [0.1, 0.15) is 6.61 Å². The molecule has 0 bridgehead atoms. The van der Waals surface area contributed by atoms with Crippen molar-refractivity contribution in [2.45, 2.75) is 13.0 Å². The molecule has 106 valence electrons. The van der Waals surface area contributed by atoms with E-state index in [0.717, 1.165) is 28.6 Å². The Morgan fingerprint density at radius 3 is 3.00 bits per heavy atom. The van der Waals surface area contributed by atoms with Gasteiger partial charge in [-0.05, 0) is 12.1 Å². The SMILES string of the molecule is COCC(=O)N1CCc2[nH]c3c(Cl)cc(Cl)cc3c2C1. The number of hydrogen-bond acceptors (Lipinski definition) is 2. The molecule has 0 unspecified atom stereocenters. The fourth-order valence-corrected chi connectivity index (χ4v) is 3.21. The molecule has 0 radical (unpaired) electrons. The van der Waals surface area contributed by atoms with Crippen LogP contribution in [-0.2, 0) is 22.5 Å². The minimum absolute atomic E-state index is 0.000579. The lowest BCUT2D eigenvalue weighted by Gasteiger charge is -2.27. The molecule has 0 atom stereocenters. The van der Waals surface area contributed by atoms with E-state index in [-0.39, 0.29) is 12.5 Å². The molecule has 0 aliphatic carbocycles. The van der Waals surface area contributed by atoms with E-state index in [1.165, 1.54) is 7.11 Å². The molecule has 1 aromatic carbocycles. The molecule has 1 N–H and O–H groups in total. The second-order valence-electron chi connectivity index (χ2n) is 4.89. The fourth-order valence-electron chi connectivity index (χ4n) is 2.67. The van der Waals surface area contributed by atoms with E-state index < -0.39 is 0 Å². The Balaban J connectivity index is 2.02. The van der Waals surface area contributed by atoms with E-state index in [1.807, 2.05) is 6.07 Å². The number of nitrogens with zero attached hydrogens (tertiary/aromatic N) is 1. The zero-order valence-electron chi connectivity index (χ0n) is 11.0. The predicted octanol–water partition coefficient (Wildman–Crippen LogP) is 3.01. The topological polar surface area (TPSA) is 45.3 Å². The van der Waals surface area contributed by atoms with Crippen LogP contribution >= 0.6 is 23.2 Å². The number of nitrogens with one attached hydrogen (secondary N) is 1. The molecule has 1 aromatic heterocycles. The predicted molar refractivity (Wildman–Crippen MR) is 79.3 cm³/mol. The Kier molecular flexibility index (Phi) is 3.63. The third-order valence-corrected chi connectivity index (χ3v) is 4.14. The van der Waals surface area contributed by atoms with Gasteiger partial charge < -0.3 is 14.6 Å². The molecule has 20 heavy (non-hydrogen) atoms. The number of H-pyrrole nitrogens is 1. The Bertz CT molecular complexity index is 681. The van der Waals surface area contributed by atoms with Gasteiger partial charge in [0.15, 0.2) is 0 Å². The highest BCUT2D eigenvalue weighted by Gasteiger charge is 2.24. The third-order valence-electron chi connectivity index (χ3n) is 3.62. The van der Waals surface area contributed by atoms with Crippen LogP contribution in [0.15, 0.2) is 12.1 Å². The number of carbonyl (C=O) groups excluding carboxylic acids is 1. The van der Waals surface area contributed by atoms with Crippen LogP contribution in [0.3, 0.4) is 0 Å². The molecule has 0 saturated carbocycles. The number of aromatic amines is 1. The van der Waals surface area contributed by atoms with Crippen molar-refractivity contribution in [3.63, 3.8) is 0 Å². The van der Waals surface area contributed by atoms with Gasteiger partial charge in [-0.15, -0.1) is 0 Å². The average Bonchev–Trinajstić information content (AvgIpc) is 2.77. The molecule has 2 heterocycles. The summed E-state index contributed by atoms with van der Waals surface area (Å²) in [7, 11) is 1.53. The highest BCUT2D eigenvalue weighted by molar-refractivity contribution is 6.38. The summed E-state index contributed by atoms with van der Waals surface area (Å²) in [6, 6.07) is 3.61. The van der Waals surface area contributed by atoms with Crippen molar-refractivity contribution in [1.29, 1.82) is 0 Å². The molecule has 0 spiro atoms. The Morgan fingerprint density at radius 1 is 1.45 bits per heavy atom. The lowest BCUT2D eigenvalue weighted by atomic mass is 10.0. The first kappa shape index (κ1) is 13.7. The minimum Gasteiger partial charge on any atom is -0.375 e. The van der Waals surface area contributed by atoms with Crippen LogP contribution < -0.4 is 0 Å². The summed E-state index contributed by atoms with van der Waals surface area (Å²) >= 11 is 12.3. The summed E-state index contributed by atoms with van der Waals surface area (Å²) in [5, 5.41) is 2.20. The summed E-state index contributed by atoms with van der Waals surface area (Å²) < 4.78 is 4.91. The van der Waals surface area contributed by atoms with Crippen molar-refractivity contribution < 1.29 is 9.53 Å². The van der Waals surface area contributed by atoms with Crippen molar-refractivity contribution in [2.75, 3.05) is 20.3 Å². The number of ether oxygens (including phenoxy) is 1. The maximum absolute atomic E-state index is 11.9. The molecule has 6 heteroatoms. The lowest BCUT2D eigenvalue weighted by molar-refractivity contribution is -0.136. The highest BCUT2D eigenvalue weighted by Crippen LogP contribution is 2.34. The van der Waals surface area contributed by atoms with Crippen molar-refractivity contribution in [2.24, 2.45) is 0 Å². The van der Waals surface area contributed by atoms with Crippen LogP contribution in [0.4, 0.5) is 0 Å². The van der Waals surface area contributed by atoms with Gasteiger partial charge in [0.05, 0.1) is 10.5 Å². The maximum atomic E-state index is 11.9. The van der Waals surface area contributed by atoms with Crippen molar-refractivity contribution in [1.82, 2.24) is 9.88 Å². The van der Waals surface area contributed by atoms with Gasteiger partial charge in [0.25, 0.3) is 0 Å². The minimum atomic E-state index is 0.000579. The first-order valence-corrected chi connectivity index (χ1v) is 7.11. The molecule has 1 aliphatic heterocycles. The molecule has 4 nitrogen and oxygen atoms in total. The van der Waals surface area contributed by atoms with E-state index in [2.05, 4.69) is 4.98 Å². The first-order valence-electron chi connectivity index (χ1n) is 6.35. The van der Waals surface area contributed by atoms with Crippen molar-refractivity contribution >= 4 is 40.0 Å². The molecule has 0 saturated heterocycles. The quantitative estimate of drug-likeness (QED) is 0.926. The molecular formula is C14H14Cl2N2O2. The number of rotatable bonds is 2. The van der Waals surface area contributed by atoms with E-state index in [4.69, 9.17) is 27.9 Å². The summed E-state index contributed by atoms with van der Waals surface area (Å²) in [5.41, 5.74) is 3.12. The normalized spacial score (nSPS) is 14.7. The number of halogens is 2. The van der Waals surface area contributed by atoms with Crippen LogP contribution in [-0.4, -0.2) is 36.1 Å². The van der Waals surface area contributed by atoms with Gasteiger partial charge in [-0.25, -0.2) is 0 Å². The monoisotopic (exact) mass is 312 g/mol. The average molecular weight is 313 g/mol. The number of carbonyl (C=O) groups is 1. The molecule has 3 rings (SSSR count). The Morgan fingerprint density at radius 2 is 2.25 bits per heavy atom.